The fraction of sp³-hybridized carbons (Fsp3) is 0.500. The molecule has 0 bridgehead atoms. The lowest BCUT2D eigenvalue weighted by atomic mass is 9.91. The van der Waals surface area contributed by atoms with Crippen molar-refractivity contribution < 1.29 is 4.79 Å². The predicted octanol–water partition coefficient (Wildman–Crippen LogP) is 1.56. The third kappa shape index (κ3) is 3.79. The number of aromatic amines is 1. The van der Waals surface area contributed by atoms with E-state index in [9.17, 15) is 4.79 Å². The SMILES string of the molecule is Cl.N[C@H]1CCCC[C@H]1NC(=O)C1=CN(c2ncnc3nc[nH]c23)CCS1. The lowest BCUT2D eigenvalue weighted by Gasteiger charge is -2.30. The van der Waals surface area contributed by atoms with E-state index in [2.05, 4.69) is 25.3 Å². The van der Waals surface area contributed by atoms with Crippen LogP contribution in [0, 0.1) is 0 Å². The van der Waals surface area contributed by atoms with E-state index < -0.39 is 0 Å². The molecule has 1 amide bonds. The maximum Gasteiger partial charge on any atom is 0.259 e. The molecule has 2 aliphatic rings. The number of anilines is 1. The number of nitrogens with two attached hydrogens (primary N) is 1. The average Bonchev–Trinajstić information content (AvgIpc) is 3.12. The number of rotatable bonds is 3. The Kier molecular flexibility index (Phi) is 6.00. The number of amides is 1. The quantitative estimate of drug-likeness (QED) is 0.722. The third-order valence-corrected chi connectivity index (χ3v) is 5.69. The number of nitrogens with zero attached hydrogens (tertiary/aromatic N) is 4. The van der Waals surface area contributed by atoms with Crippen LogP contribution < -0.4 is 16.0 Å². The van der Waals surface area contributed by atoms with E-state index in [1.807, 2.05) is 11.1 Å². The van der Waals surface area contributed by atoms with Crippen molar-refractivity contribution in [2.45, 2.75) is 37.8 Å². The first kappa shape index (κ1) is 18.9. The minimum absolute atomic E-state index is 0. The summed E-state index contributed by atoms with van der Waals surface area (Å²) in [6, 6.07) is 0.117. The molecule has 4 rings (SSSR count). The fourth-order valence-electron chi connectivity index (χ4n) is 3.34. The number of fused-ring (bicyclic) bond motifs is 1. The highest BCUT2D eigenvalue weighted by molar-refractivity contribution is 8.04. The molecule has 0 radical (unpaired) electrons. The lowest BCUT2D eigenvalue weighted by molar-refractivity contribution is -0.117. The molecule has 0 unspecified atom stereocenters. The predicted molar refractivity (Wildman–Crippen MR) is 105 cm³/mol. The van der Waals surface area contributed by atoms with Gasteiger partial charge in [0.1, 0.15) is 11.8 Å². The molecule has 1 aliphatic heterocycles. The van der Waals surface area contributed by atoms with Crippen LogP contribution in [-0.4, -0.2) is 50.2 Å². The van der Waals surface area contributed by atoms with Gasteiger partial charge in [0.15, 0.2) is 11.5 Å². The summed E-state index contributed by atoms with van der Waals surface area (Å²) >= 11 is 1.56. The van der Waals surface area contributed by atoms with Crippen molar-refractivity contribution in [1.29, 1.82) is 0 Å². The summed E-state index contributed by atoms with van der Waals surface area (Å²) in [5.41, 5.74) is 7.54. The van der Waals surface area contributed by atoms with Crippen LogP contribution in [0.4, 0.5) is 5.82 Å². The number of halogens is 1. The first-order valence-electron chi connectivity index (χ1n) is 8.54. The second-order valence-corrected chi connectivity index (χ2v) is 7.50. The van der Waals surface area contributed by atoms with Crippen LogP contribution in [0.1, 0.15) is 25.7 Å². The molecule has 2 atom stereocenters. The summed E-state index contributed by atoms with van der Waals surface area (Å²) in [4.78, 5) is 31.1. The van der Waals surface area contributed by atoms with Crippen molar-refractivity contribution in [2.75, 3.05) is 17.2 Å². The second kappa shape index (κ2) is 8.24. The molecular formula is C16H22ClN7OS. The molecule has 26 heavy (non-hydrogen) atoms. The minimum Gasteiger partial charge on any atom is -0.347 e. The summed E-state index contributed by atoms with van der Waals surface area (Å²) in [6.07, 6.45) is 9.15. The van der Waals surface area contributed by atoms with E-state index in [4.69, 9.17) is 5.73 Å². The highest BCUT2D eigenvalue weighted by Gasteiger charge is 2.26. The molecule has 10 heteroatoms. The standard InChI is InChI=1S/C16H21N7OS.ClH/c17-10-3-1-2-4-11(10)22-16(24)12-7-23(5-6-25-12)15-13-14(19-8-18-13)20-9-21-15;/h7-11H,1-6,17H2,(H,22,24)(H,18,19,20,21);1H/t10-,11+;/m0./s1. The zero-order valence-corrected chi connectivity index (χ0v) is 15.9. The van der Waals surface area contributed by atoms with Gasteiger partial charge >= 0.3 is 0 Å². The first-order chi connectivity index (χ1) is 12.2. The Morgan fingerprint density at radius 2 is 2.15 bits per heavy atom. The van der Waals surface area contributed by atoms with Crippen molar-refractivity contribution in [3.63, 3.8) is 0 Å². The molecule has 0 aromatic carbocycles. The third-order valence-electron chi connectivity index (χ3n) is 4.70. The van der Waals surface area contributed by atoms with Gasteiger partial charge in [-0.1, -0.05) is 12.8 Å². The molecule has 2 aromatic heterocycles. The number of thioether (sulfide) groups is 1. The molecule has 2 aromatic rings. The van der Waals surface area contributed by atoms with E-state index >= 15 is 0 Å². The summed E-state index contributed by atoms with van der Waals surface area (Å²) in [7, 11) is 0. The van der Waals surface area contributed by atoms with E-state index in [0.29, 0.717) is 10.6 Å². The van der Waals surface area contributed by atoms with E-state index in [0.717, 1.165) is 49.3 Å². The largest absolute Gasteiger partial charge is 0.347 e. The molecule has 140 valence electrons. The number of aromatic nitrogens is 4. The molecule has 1 fully saturated rings. The molecule has 4 N–H and O–H groups in total. The van der Waals surface area contributed by atoms with Crippen molar-refractivity contribution in [3.8, 4) is 0 Å². The van der Waals surface area contributed by atoms with Crippen LogP contribution in [0.2, 0.25) is 0 Å². The summed E-state index contributed by atoms with van der Waals surface area (Å²) in [6.45, 7) is 0.773. The Morgan fingerprint density at radius 3 is 3.00 bits per heavy atom. The van der Waals surface area contributed by atoms with Gasteiger partial charge < -0.3 is 20.9 Å². The fourth-order valence-corrected chi connectivity index (χ4v) is 4.24. The number of carbonyl (C=O) groups excluding carboxylic acids is 1. The lowest BCUT2D eigenvalue weighted by Crippen LogP contribution is -2.49. The van der Waals surface area contributed by atoms with Gasteiger partial charge in [0.25, 0.3) is 5.91 Å². The van der Waals surface area contributed by atoms with Gasteiger partial charge in [-0.3, -0.25) is 4.79 Å². The molecule has 3 heterocycles. The van der Waals surface area contributed by atoms with Gasteiger partial charge in [0.05, 0.1) is 11.2 Å². The Labute approximate surface area is 161 Å². The second-order valence-electron chi connectivity index (χ2n) is 6.36. The zero-order valence-electron chi connectivity index (χ0n) is 14.2. The van der Waals surface area contributed by atoms with E-state index in [1.165, 1.54) is 6.33 Å². The molecular weight excluding hydrogens is 374 g/mol. The Morgan fingerprint density at radius 1 is 1.31 bits per heavy atom. The van der Waals surface area contributed by atoms with Crippen molar-refractivity contribution in [1.82, 2.24) is 25.3 Å². The van der Waals surface area contributed by atoms with Gasteiger partial charge in [0.2, 0.25) is 0 Å². The van der Waals surface area contributed by atoms with Crippen molar-refractivity contribution >= 4 is 47.1 Å². The van der Waals surface area contributed by atoms with Crippen LogP contribution >= 0.6 is 24.2 Å². The average molecular weight is 396 g/mol. The van der Waals surface area contributed by atoms with E-state index in [-0.39, 0.29) is 30.4 Å². The van der Waals surface area contributed by atoms with Crippen LogP contribution in [0.15, 0.2) is 23.8 Å². The Bertz CT molecular complexity index is 811. The summed E-state index contributed by atoms with van der Waals surface area (Å²) < 4.78 is 0. The first-order valence-corrected chi connectivity index (χ1v) is 9.53. The maximum atomic E-state index is 12.7. The van der Waals surface area contributed by atoms with Gasteiger partial charge in [-0.05, 0) is 12.8 Å². The number of H-pyrrole nitrogens is 1. The molecule has 1 aliphatic carbocycles. The number of carbonyl (C=O) groups is 1. The monoisotopic (exact) mass is 395 g/mol. The summed E-state index contributed by atoms with van der Waals surface area (Å²) in [5, 5.41) is 3.11. The van der Waals surface area contributed by atoms with Crippen LogP contribution in [0.3, 0.4) is 0 Å². The molecule has 8 nitrogen and oxygen atoms in total. The number of imidazole rings is 1. The van der Waals surface area contributed by atoms with Crippen LogP contribution in [0.5, 0.6) is 0 Å². The summed E-state index contributed by atoms with van der Waals surface area (Å²) in [5.74, 6) is 1.50. The highest BCUT2D eigenvalue weighted by Crippen LogP contribution is 2.28. The molecule has 0 spiro atoms. The normalized spacial score (nSPS) is 23.3. The highest BCUT2D eigenvalue weighted by atomic mass is 35.5. The van der Waals surface area contributed by atoms with Gasteiger partial charge in [-0.15, -0.1) is 24.2 Å². The number of nitrogens with one attached hydrogen (secondary N) is 2. The smallest absolute Gasteiger partial charge is 0.259 e. The topological polar surface area (TPSA) is 113 Å². The van der Waals surface area contributed by atoms with Gasteiger partial charge in [-0.25, -0.2) is 15.0 Å². The maximum absolute atomic E-state index is 12.7. The Balaban J connectivity index is 0.00000196. The van der Waals surface area contributed by atoms with Crippen molar-refractivity contribution in [3.05, 3.63) is 23.8 Å². The zero-order chi connectivity index (χ0) is 17.2. The minimum atomic E-state index is -0.0491. The van der Waals surface area contributed by atoms with Crippen LogP contribution in [0.25, 0.3) is 11.2 Å². The van der Waals surface area contributed by atoms with Crippen molar-refractivity contribution in [2.24, 2.45) is 5.73 Å². The molecule has 0 saturated heterocycles. The number of hydrogen-bond donors (Lipinski definition) is 3. The van der Waals surface area contributed by atoms with Crippen LogP contribution in [-0.2, 0) is 4.79 Å². The Hall–Kier alpha value is -1.84. The van der Waals surface area contributed by atoms with Gasteiger partial charge in [0, 0.05) is 30.6 Å². The number of hydrogen-bond acceptors (Lipinski definition) is 7. The van der Waals surface area contributed by atoms with E-state index in [1.54, 1.807) is 18.1 Å². The van der Waals surface area contributed by atoms with Gasteiger partial charge in [-0.2, -0.15) is 0 Å². The molecule has 1 saturated carbocycles.